The number of aromatic nitrogens is 2. The molecular weight excluding hydrogens is 392 g/mol. The molecule has 1 aromatic heterocycles. The van der Waals surface area contributed by atoms with Crippen molar-refractivity contribution in [2.75, 3.05) is 0 Å². The van der Waals surface area contributed by atoms with E-state index in [1.165, 1.54) is 11.6 Å². The Labute approximate surface area is 183 Å². The van der Waals surface area contributed by atoms with E-state index in [1.807, 2.05) is 13.8 Å². The van der Waals surface area contributed by atoms with Gasteiger partial charge in [0, 0.05) is 18.9 Å². The van der Waals surface area contributed by atoms with Crippen molar-refractivity contribution >= 4 is 17.7 Å². The largest absolute Gasteiger partial charge is 0.458 e. The molecule has 2 fully saturated rings. The highest BCUT2D eigenvalue weighted by molar-refractivity contribution is 5.98. The van der Waals surface area contributed by atoms with Gasteiger partial charge in [0.1, 0.15) is 17.8 Å². The molecule has 1 saturated carbocycles. The van der Waals surface area contributed by atoms with E-state index in [-0.39, 0.29) is 30.0 Å². The molecule has 2 heterocycles. The molecule has 4 rings (SSSR count). The normalized spacial score (nSPS) is 22.0. The second-order valence-corrected chi connectivity index (χ2v) is 9.09. The lowest BCUT2D eigenvalue weighted by atomic mass is 9.76. The van der Waals surface area contributed by atoms with E-state index in [4.69, 9.17) is 4.74 Å². The van der Waals surface area contributed by atoms with Crippen molar-refractivity contribution < 1.29 is 19.1 Å². The van der Waals surface area contributed by atoms with Gasteiger partial charge in [-0.2, -0.15) is 5.10 Å². The molecule has 0 amide bonds. The third-order valence-corrected chi connectivity index (χ3v) is 6.92. The summed E-state index contributed by atoms with van der Waals surface area (Å²) in [5.41, 5.74) is 4.17. The number of hydrogen-bond acceptors (Lipinski definition) is 5. The van der Waals surface area contributed by atoms with Crippen LogP contribution < -0.4 is 0 Å². The van der Waals surface area contributed by atoms with E-state index in [0.29, 0.717) is 12.8 Å². The van der Waals surface area contributed by atoms with Crippen LogP contribution in [0, 0.1) is 19.8 Å². The molecule has 31 heavy (non-hydrogen) atoms. The Morgan fingerprint density at radius 1 is 1.16 bits per heavy atom. The number of nitrogens with zero attached hydrogens (tertiary/aromatic N) is 2. The molecule has 164 valence electrons. The van der Waals surface area contributed by atoms with Crippen molar-refractivity contribution in [1.82, 2.24) is 9.78 Å². The molecule has 1 aliphatic heterocycles. The molecule has 0 N–H and O–H groups in total. The third-order valence-electron chi connectivity index (χ3n) is 6.92. The van der Waals surface area contributed by atoms with Crippen LogP contribution in [0.5, 0.6) is 0 Å². The fourth-order valence-corrected chi connectivity index (χ4v) is 5.44. The smallest absolute Gasteiger partial charge is 0.313 e. The zero-order valence-corrected chi connectivity index (χ0v) is 18.6. The Bertz CT molecular complexity index is 997. The van der Waals surface area contributed by atoms with E-state index in [9.17, 15) is 14.4 Å². The molecule has 2 aromatic rings. The highest BCUT2D eigenvalue weighted by atomic mass is 16.6. The topological polar surface area (TPSA) is 78.3 Å². The van der Waals surface area contributed by atoms with E-state index in [2.05, 4.69) is 29.4 Å². The van der Waals surface area contributed by atoms with Gasteiger partial charge in [-0.3, -0.25) is 14.4 Å². The summed E-state index contributed by atoms with van der Waals surface area (Å²) < 4.78 is 7.34. The quantitative estimate of drug-likeness (QED) is 0.520. The summed E-state index contributed by atoms with van der Waals surface area (Å²) in [6, 6.07) is 8.26. The van der Waals surface area contributed by atoms with Crippen LogP contribution in [0.1, 0.15) is 73.6 Å². The van der Waals surface area contributed by atoms with Crippen LogP contribution in [0.2, 0.25) is 0 Å². The Morgan fingerprint density at radius 3 is 2.42 bits per heavy atom. The first-order chi connectivity index (χ1) is 14.8. The lowest BCUT2D eigenvalue weighted by molar-refractivity contribution is -0.178. The number of ketones is 1. The van der Waals surface area contributed by atoms with Crippen molar-refractivity contribution in [3.05, 3.63) is 41.2 Å². The van der Waals surface area contributed by atoms with Crippen LogP contribution >= 0.6 is 0 Å². The van der Waals surface area contributed by atoms with Gasteiger partial charge in [-0.05, 0) is 56.6 Å². The summed E-state index contributed by atoms with van der Waals surface area (Å²) in [5.74, 6) is -0.182. The highest BCUT2D eigenvalue weighted by Gasteiger charge is 2.47. The number of rotatable bonds is 5. The van der Waals surface area contributed by atoms with Gasteiger partial charge in [0.25, 0.3) is 0 Å². The van der Waals surface area contributed by atoms with Crippen LogP contribution in [0.4, 0.5) is 0 Å². The van der Waals surface area contributed by atoms with Gasteiger partial charge in [0.2, 0.25) is 5.91 Å². The standard InChI is InChI=1S/C25H30N2O4/c1-16-24(17(2)27(26-16)18(3)28)20-10-8-19(9-11-20)12-13-25(21-6-4-5-7-21)15-22(29)14-23(30)31-25/h8-11,21H,4-7,12-15H2,1-3H3. The van der Waals surface area contributed by atoms with Crippen molar-refractivity contribution in [2.45, 2.75) is 77.7 Å². The minimum Gasteiger partial charge on any atom is -0.458 e. The molecule has 1 unspecified atom stereocenters. The molecule has 0 spiro atoms. The molecule has 1 aromatic carbocycles. The molecular formula is C25H30N2O4. The molecule has 2 aliphatic rings. The zero-order valence-electron chi connectivity index (χ0n) is 18.6. The highest BCUT2D eigenvalue weighted by Crippen LogP contribution is 2.44. The Morgan fingerprint density at radius 2 is 1.84 bits per heavy atom. The minimum atomic E-state index is -0.641. The van der Waals surface area contributed by atoms with E-state index >= 15 is 0 Å². The fourth-order valence-electron chi connectivity index (χ4n) is 5.44. The summed E-state index contributed by atoms with van der Waals surface area (Å²) in [6.45, 7) is 5.33. The first-order valence-electron chi connectivity index (χ1n) is 11.2. The molecule has 6 heteroatoms. The second-order valence-electron chi connectivity index (χ2n) is 9.09. The number of aryl methyl sites for hydroxylation is 2. The van der Waals surface area contributed by atoms with Gasteiger partial charge < -0.3 is 4.74 Å². The van der Waals surface area contributed by atoms with Crippen molar-refractivity contribution in [3.8, 4) is 11.1 Å². The van der Waals surface area contributed by atoms with Crippen LogP contribution in [0.25, 0.3) is 11.1 Å². The number of cyclic esters (lactones) is 1. The number of Topliss-reactive ketones (excluding diaryl/α,β-unsaturated/α-hetero) is 1. The number of hydrogen-bond donors (Lipinski definition) is 0. The molecule has 1 aliphatic carbocycles. The maximum atomic E-state index is 12.2. The summed E-state index contributed by atoms with van der Waals surface area (Å²) >= 11 is 0. The van der Waals surface area contributed by atoms with E-state index in [1.54, 1.807) is 0 Å². The number of esters is 1. The fraction of sp³-hybridized carbons (Fsp3) is 0.520. The van der Waals surface area contributed by atoms with Gasteiger partial charge in [-0.15, -0.1) is 0 Å². The number of carbonyl (C=O) groups is 3. The lowest BCUT2D eigenvalue weighted by Crippen LogP contribution is -2.48. The Hall–Kier alpha value is -2.76. The Balaban J connectivity index is 1.53. The van der Waals surface area contributed by atoms with Crippen molar-refractivity contribution in [1.29, 1.82) is 0 Å². The molecule has 1 atom stereocenters. The van der Waals surface area contributed by atoms with Crippen molar-refractivity contribution in [3.63, 3.8) is 0 Å². The van der Waals surface area contributed by atoms with Gasteiger partial charge in [0.15, 0.2) is 0 Å². The summed E-state index contributed by atoms with van der Waals surface area (Å²) in [4.78, 5) is 36.1. The van der Waals surface area contributed by atoms with Gasteiger partial charge in [-0.1, -0.05) is 37.1 Å². The monoisotopic (exact) mass is 422 g/mol. The average Bonchev–Trinajstić information content (AvgIpc) is 3.35. The van der Waals surface area contributed by atoms with Gasteiger partial charge >= 0.3 is 5.97 Å². The predicted octanol–water partition coefficient (Wildman–Crippen LogP) is 4.59. The predicted molar refractivity (Wildman–Crippen MR) is 117 cm³/mol. The molecule has 0 bridgehead atoms. The Kier molecular flexibility index (Phi) is 5.82. The van der Waals surface area contributed by atoms with E-state index < -0.39 is 5.60 Å². The molecule has 0 radical (unpaired) electrons. The average molecular weight is 423 g/mol. The van der Waals surface area contributed by atoms with Gasteiger partial charge in [-0.25, -0.2) is 4.68 Å². The number of ether oxygens (including phenoxy) is 1. The maximum Gasteiger partial charge on any atom is 0.313 e. The van der Waals surface area contributed by atoms with Crippen LogP contribution in [-0.2, 0) is 20.7 Å². The minimum absolute atomic E-state index is 0.00642. The van der Waals surface area contributed by atoms with Crippen LogP contribution in [0.3, 0.4) is 0 Å². The second kappa shape index (κ2) is 8.40. The number of carbonyl (C=O) groups excluding carboxylic acids is 3. The van der Waals surface area contributed by atoms with E-state index in [0.717, 1.165) is 60.2 Å². The maximum absolute atomic E-state index is 12.2. The molecule has 1 saturated heterocycles. The third kappa shape index (κ3) is 4.21. The van der Waals surface area contributed by atoms with Crippen LogP contribution in [0.15, 0.2) is 24.3 Å². The summed E-state index contributed by atoms with van der Waals surface area (Å²) in [6.07, 6.45) is 6.02. The zero-order chi connectivity index (χ0) is 22.2. The summed E-state index contributed by atoms with van der Waals surface area (Å²) in [7, 11) is 0. The number of benzene rings is 1. The molecule has 6 nitrogen and oxygen atoms in total. The van der Waals surface area contributed by atoms with Crippen LogP contribution in [-0.4, -0.2) is 33.0 Å². The van der Waals surface area contributed by atoms with Gasteiger partial charge in [0.05, 0.1) is 11.4 Å². The lowest BCUT2D eigenvalue weighted by Gasteiger charge is -2.41. The summed E-state index contributed by atoms with van der Waals surface area (Å²) in [5, 5.41) is 4.36. The first kappa shape index (κ1) is 21.5. The van der Waals surface area contributed by atoms with Crippen molar-refractivity contribution in [2.24, 2.45) is 5.92 Å². The SMILES string of the molecule is CC(=O)n1nc(C)c(-c2ccc(CCC3(C4CCCC4)CC(=O)CC(=O)O3)cc2)c1C. The first-order valence-corrected chi connectivity index (χ1v) is 11.2.